The number of anilines is 2. The standard InChI is InChI=1S/C25H26N2O/c28-25(18-16-20-15-17-21-9-7-8-10-22(21)19-20)26-27(23-11-3-1-4-12-23)24-13-5-2-6-14-24/h1-14,20H,15-19H2,(H,26,28). The summed E-state index contributed by atoms with van der Waals surface area (Å²) in [5.41, 5.74) is 7.94. The second-order valence-corrected chi connectivity index (χ2v) is 7.46. The predicted molar refractivity (Wildman–Crippen MR) is 114 cm³/mol. The summed E-state index contributed by atoms with van der Waals surface area (Å²) in [6.07, 6.45) is 4.86. The highest BCUT2D eigenvalue weighted by atomic mass is 16.2. The van der Waals surface area contributed by atoms with Crippen LogP contribution in [0.2, 0.25) is 0 Å². The zero-order valence-electron chi connectivity index (χ0n) is 16.1. The number of hydrazine groups is 1. The molecule has 0 saturated carbocycles. The van der Waals surface area contributed by atoms with Crippen LogP contribution in [0.3, 0.4) is 0 Å². The van der Waals surface area contributed by atoms with Gasteiger partial charge in [-0.2, -0.15) is 0 Å². The molecule has 3 aromatic carbocycles. The summed E-state index contributed by atoms with van der Waals surface area (Å²) in [5.74, 6) is 0.647. The Bertz CT molecular complexity index is 869. The van der Waals surface area contributed by atoms with Gasteiger partial charge in [0.25, 0.3) is 0 Å². The number of fused-ring (bicyclic) bond motifs is 1. The lowest BCUT2D eigenvalue weighted by Crippen LogP contribution is -2.39. The maximum atomic E-state index is 12.7. The number of hydrogen-bond donors (Lipinski definition) is 1. The minimum atomic E-state index is 0.0616. The molecular weight excluding hydrogens is 344 g/mol. The van der Waals surface area contributed by atoms with Gasteiger partial charge in [0.2, 0.25) is 5.91 Å². The molecule has 142 valence electrons. The van der Waals surface area contributed by atoms with Crippen LogP contribution >= 0.6 is 0 Å². The summed E-state index contributed by atoms with van der Waals surface area (Å²) >= 11 is 0. The second-order valence-electron chi connectivity index (χ2n) is 7.46. The van der Waals surface area contributed by atoms with Crippen LogP contribution in [0.4, 0.5) is 11.4 Å². The molecule has 28 heavy (non-hydrogen) atoms. The van der Waals surface area contributed by atoms with Crippen molar-refractivity contribution in [2.75, 3.05) is 5.01 Å². The zero-order chi connectivity index (χ0) is 19.2. The summed E-state index contributed by atoms with van der Waals surface area (Å²) in [7, 11) is 0. The SMILES string of the molecule is O=C(CCC1CCc2ccccc2C1)NN(c1ccccc1)c1ccccc1. The van der Waals surface area contributed by atoms with Crippen molar-refractivity contribution in [3.8, 4) is 0 Å². The van der Waals surface area contributed by atoms with Gasteiger partial charge >= 0.3 is 0 Å². The van der Waals surface area contributed by atoms with Crippen molar-refractivity contribution < 1.29 is 4.79 Å². The molecule has 0 fully saturated rings. The van der Waals surface area contributed by atoms with Gasteiger partial charge in [0.15, 0.2) is 0 Å². The minimum absolute atomic E-state index is 0.0616. The van der Waals surface area contributed by atoms with Gasteiger partial charge in [-0.25, -0.2) is 0 Å². The Hall–Kier alpha value is -3.07. The van der Waals surface area contributed by atoms with Crippen LogP contribution in [0.25, 0.3) is 0 Å². The minimum Gasteiger partial charge on any atom is -0.273 e. The molecule has 0 saturated heterocycles. The fraction of sp³-hybridized carbons (Fsp3) is 0.240. The molecule has 1 aliphatic rings. The Kier molecular flexibility index (Phi) is 5.72. The monoisotopic (exact) mass is 370 g/mol. The molecular formula is C25H26N2O. The maximum absolute atomic E-state index is 12.7. The average Bonchev–Trinajstić information content (AvgIpc) is 2.77. The van der Waals surface area contributed by atoms with Gasteiger partial charge in [0, 0.05) is 6.42 Å². The van der Waals surface area contributed by atoms with Crippen molar-refractivity contribution in [2.45, 2.75) is 32.1 Å². The summed E-state index contributed by atoms with van der Waals surface area (Å²) in [6.45, 7) is 0. The quantitative estimate of drug-likeness (QED) is 0.586. The summed E-state index contributed by atoms with van der Waals surface area (Å²) < 4.78 is 0. The zero-order valence-corrected chi connectivity index (χ0v) is 16.1. The average molecular weight is 370 g/mol. The van der Waals surface area contributed by atoms with Crippen LogP contribution < -0.4 is 10.4 Å². The first-order chi connectivity index (χ1) is 13.8. The van der Waals surface area contributed by atoms with Crippen molar-refractivity contribution in [2.24, 2.45) is 5.92 Å². The van der Waals surface area contributed by atoms with Gasteiger partial charge in [-0.1, -0.05) is 60.7 Å². The van der Waals surface area contributed by atoms with Crippen LogP contribution in [0, 0.1) is 5.92 Å². The molecule has 3 nitrogen and oxygen atoms in total. The molecule has 1 atom stereocenters. The maximum Gasteiger partial charge on any atom is 0.238 e. The summed E-state index contributed by atoms with van der Waals surface area (Å²) in [5, 5.41) is 1.87. The molecule has 0 spiro atoms. The van der Waals surface area contributed by atoms with Crippen molar-refractivity contribution in [3.63, 3.8) is 0 Å². The lowest BCUT2D eigenvalue weighted by molar-refractivity contribution is -0.121. The van der Waals surface area contributed by atoms with Crippen molar-refractivity contribution in [3.05, 3.63) is 96.1 Å². The van der Waals surface area contributed by atoms with E-state index >= 15 is 0 Å². The normalized spacial score (nSPS) is 15.5. The molecule has 3 aromatic rings. The summed E-state index contributed by atoms with van der Waals surface area (Å²) in [6, 6.07) is 28.6. The topological polar surface area (TPSA) is 32.3 Å². The third-order valence-electron chi connectivity index (χ3n) is 5.49. The lowest BCUT2D eigenvalue weighted by Gasteiger charge is -2.27. The van der Waals surface area contributed by atoms with E-state index in [1.165, 1.54) is 17.5 Å². The Morgan fingerprint density at radius 3 is 2.04 bits per heavy atom. The number of nitrogens with one attached hydrogen (secondary N) is 1. The Balaban J connectivity index is 1.39. The van der Waals surface area contributed by atoms with E-state index in [-0.39, 0.29) is 5.91 Å². The van der Waals surface area contributed by atoms with Gasteiger partial charge < -0.3 is 0 Å². The Morgan fingerprint density at radius 2 is 1.39 bits per heavy atom. The number of benzene rings is 3. The molecule has 0 bridgehead atoms. The van der Waals surface area contributed by atoms with E-state index < -0.39 is 0 Å². The predicted octanol–water partition coefficient (Wildman–Crippen LogP) is 5.44. The Morgan fingerprint density at radius 1 is 0.821 bits per heavy atom. The lowest BCUT2D eigenvalue weighted by atomic mass is 9.82. The number of para-hydroxylation sites is 2. The van der Waals surface area contributed by atoms with E-state index in [0.717, 1.165) is 30.6 Å². The van der Waals surface area contributed by atoms with E-state index in [1.807, 2.05) is 65.7 Å². The molecule has 1 unspecified atom stereocenters. The molecule has 0 heterocycles. The fourth-order valence-corrected chi connectivity index (χ4v) is 3.97. The number of hydrogen-bond acceptors (Lipinski definition) is 2. The highest BCUT2D eigenvalue weighted by Gasteiger charge is 2.20. The molecule has 0 aromatic heterocycles. The van der Waals surface area contributed by atoms with Crippen LogP contribution in [-0.4, -0.2) is 5.91 Å². The van der Waals surface area contributed by atoms with E-state index in [9.17, 15) is 4.79 Å². The summed E-state index contributed by atoms with van der Waals surface area (Å²) in [4.78, 5) is 12.7. The number of carbonyl (C=O) groups excluding carboxylic acids is 1. The third-order valence-corrected chi connectivity index (χ3v) is 5.49. The van der Waals surface area contributed by atoms with Crippen LogP contribution in [0.5, 0.6) is 0 Å². The van der Waals surface area contributed by atoms with Crippen LogP contribution in [0.15, 0.2) is 84.9 Å². The van der Waals surface area contributed by atoms with E-state index in [0.29, 0.717) is 12.3 Å². The number of rotatable bonds is 6. The van der Waals surface area contributed by atoms with E-state index in [2.05, 4.69) is 29.7 Å². The van der Waals surface area contributed by atoms with E-state index in [1.54, 1.807) is 0 Å². The van der Waals surface area contributed by atoms with Gasteiger partial charge in [-0.3, -0.25) is 15.2 Å². The first kappa shape index (κ1) is 18.3. The van der Waals surface area contributed by atoms with Gasteiger partial charge in [0.1, 0.15) is 0 Å². The number of carbonyl (C=O) groups is 1. The van der Waals surface area contributed by atoms with Crippen molar-refractivity contribution >= 4 is 17.3 Å². The molecule has 4 rings (SSSR count). The number of amides is 1. The highest BCUT2D eigenvalue weighted by molar-refractivity contribution is 5.80. The number of aryl methyl sites for hydroxylation is 1. The first-order valence-corrected chi connectivity index (χ1v) is 10.1. The molecule has 0 aliphatic heterocycles. The van der Waals surface area contributed by atoms with Crippen LogP contribution in [0.1, 0.15) is 30.4 Å². The van der Waals surface area contributed by atoms with Crippen molar-refractivity contribution in [1.29, 1.82) is 0 Å². The fourth-order valence-electron chi connectivity index (χ4n) is 3.97. The molecule has 1 aliphatic carbocycles. The second kappa shape index (κ2) is 8.75. The first-order valence-electron chi connectivity index (χ1n) is 10.1. The molecule has 3 heteroatoms. The van der Waals surface area contributed by atoms with Gasteiger partial charge in [0.05, 0.1) is 11.4 Å². The van der Waals surface area contributed by atoms with E-state index in [4.69, 9.17) is 0 Å². The van der Waals surface area contributed by atoms with Gasteiger partial charge in [-0.05, 0) is 67.0 Å². The van der Waals surface area contributed by atoms with Crippen molar-refractivity contribution in [1.82, 2.24) is 5.43 Å². The molecule has 1 N–H and O–H groups in total. The number of nitrogens with zero attached hydrogens (tertiary/aromatic N) is 1. The van der Waals surface area contributed by atoms with Gasteiger partial charge in [-0.15, -0.1) is 0 Å². The molecule has 1 amide bonds. The third kappa shape index (κ3) is 4.42. The Labute approximate surface area is 167 Å². The smallest absolute Gasteiger partial charge is 0.238 e. The van der Waals surface area contributed by atoms with Crippen LogP contribution in [-0.2, 0) is 17.6 Å². The largest absolute Gasteiger partial charge is 0.273 e. The molecule has 0 radical (unpaired) electrons. The highest BCUT2D eigenvalue weighted by Crippen LogP contribution is 2.28.